The van der Waals surface area contributed by atoms with Crippen LogP contribution in [0.15, 0.2) is 85.2 Å². The minimum absolute atomic E-state index is 0.0531. The summed E-state index contributed by atoms with van der Waals surface area (Å²) < 4.78 is 2.08. The van der Waals surface area contributed by atoms with Crippen LogP contribution in [-0.4, -0.2) is 46.4 Å². The Balaban J connectivity index is 1.34. The molecule has 1 aliphatic heterocycles. The molecule has 1 unspecified atom stereocenters. The lowest BCUT2D eigenvalue weighted by atomic mass is 9.92. The maximum atomic E-state index is 13.4. The third kappa shape index (κ3) is 4.08. The van der Waals surface area contributed by atoms with Gasteiger partial charge in [0.2, 0.25) is 5.91 Å². The van der Waals surface area contributed by atoms with E-state index >= 15 is 0 Å². The van der Waals surface area contributed by atoms with Gasteiger partial charge in [0.15, 0.2) is 0 Å². The molecule has 0 spiro atoms. The molecular weight excluding hydrogens is 420 g/mol. The number of anilines is 1. The number of benzene rings is 2. The van der Waals surface area contributed by atoms with Gasteiger partial charge in [-0.1, -0.05) is 60.1 Å². The van der Waals surface area contributed by atoms with Crippen molar-refractivity contribution in [2.45, 2.75) is 12.3 Å². The lowest BCUT2D eigenvalue weighted by Crippen LogP contribution is -2.49. The van der Waals surface area contributed by atoms with Crippen LogP contribution < -0.4 is 4.90 Å². The van der Waals surface area contributed by atoms with Gasteiger partial charge >= 0.3 is 0 Å². The number of aromatic nitrogens is 2. The molecule has 5 rings (SSSR count). The van der Waals surface area contributed by atoms with Crippen molar-refractivity contribution in [2.24, 2.45) is 0 Å². The van der Waals surface area contributed by atoms with Gasteiger partial charge in [0.1, 0.15) is 5.65 Å². The molecule has 1 fully saturated rings. The monoisotopic (exact) mass is 444 g/mol. The predicted octanol–water partition coefficient (Wildman–Crippen LogP) is 4.86. The molecule has 0 radical (unpaired) electrons. The van der Waals surface area contributed by atoms with Gasteiger partial charge in [0.05, 0.1) is 16.4 Å². The van der Waals surface area contributed by atoms with Crippen LogP contribution in [0.1, 0.15) is 23.6 Å². The summed E-state index contributed by atoms with van der Waals surface area (Å²) in [4.78, 5) is 22.2. The van der Waals surface area contributed by atoms with Gasteiger partial charge in [0.25, 0.3) is 0 Å². The van der Waals surface area contributed by atoms with Crippen LogP contribution in [-0.2, 0) is 4.79 Å². The lowest BCUT2D eigenvalue weighted by Gasteiger charge is -2.37. The Hall–Kier alpha value is -3.31. The molecule has 0 saturated carbocycles. The van der Waals surface area contributed by atoms with Gasteiger partial charge in [-0.2, -0.15) is 0 Å². The van der Waals surface area contributed by atoms with E-state index in [1.54, 1.807) is 0 Å². The number of fused-ring (bicyclic) bond motifs is 1. The van der Waals surface area contributed by atoms with E-state index in [0.717, 1.165) is 40.7 Å². The van der Waals surface area contributed by atoms with E-state index in [-0.39, 0.29) is 11.8 Å². The van der Waals surface area contributed by atoms with E-state index in [4.69, 9.17) is 11.6 Å². The van der Waals surface area contributed by atoms with E-state index in [1.807, 2.05) is 78.0 Å². The molecule has 0 N–H and O–H groups in total. The first kappa shape index (κ1) is 20.6. The normalized spacial score (nSPS) is 15.2. The van der Waals surface area contributed by atoms with Crippen molar-refractivity contribution >= 4 is 28.8 Å². The highest BCUT2D eigenvalue weighted by molar-refractivity contribution is 6.33. The second-order valence-electron chi connectivity index (χ2n) is 8.10. The molecule has 32 heavy (non-hydrogen) atoms. The third-order valence-electron chi connectivity index (χ3n) is 6.21. The number of carbonyl (C=O) groups excluding carboxylic acids is 1. The van der Waals surface area contributed by atoms with Crippen molar-refractivity contribution in [1.29, 1.82) is 0 Å². The van der Waals surface area contributed by atoms with Crippen molar-refractivity contribution in [3.63, 3.8) is 0 Å². The van der Waals surface area contributed by atoms with Gasteiger partial charge in [-0.15, -0.1) is 0 Å². The Bertz CT molecular complexity index is 1210. The van der Waals surface area contributed by atoms with Crippen LogP contribution in [0.2, 0.25) is 5.02 Å². The number of piperazine rings is 1. The number of para-hydroxylation sites is 1. The fraction of sp³-hybridized carbons (Fsp3) is 0.231. The largest absolute Gasteiger partial charge is 0.367 e. The van der Waals surface area contributed by atoms with E-state index in [2.05, 4.69) is 26.4 Å². The van der Waals surface area contributed by atoms with Gasteiger partial charge < -0.3 is 14.2 Å². The zero-order valence-electron chi connectivity index (χ0n) is 17.8. The minimum atomic E-state index is -0.0531. The molecule has 2 aromatic heterocycles. The molecule has 0 aliphatic carbocycles. The number of halogens is 1. The lowest BCUT2D eigenvalue weighted by molar-refractivity contribution is -0.131. The van der Waals surface area contributed by atoms with Gasteiger partial charge in [0, 0.05) is 50.9 Å². The fourth-order valence-corrected chi connectivity index (χ4v) is 4.75. The number of nitrogens with zero attached hydrogens (tertiary/aromatic N) is 4. The standard InChI is InChI=1S/C26H25ClN4O/c27-22-10-4-5-11-23(22)29-14-16-30(17-15-29)26(32)18-21(20-8-2-1-3-9-20)24-19-28-25-12-6-7-13-31(24)25/h1-13,19,21H,14-18H2. The number of pyridine rings is 1. The Morgan fingerprint density at radius 2 is 1.62 bits per heavy atom. The molecule has 0 bridgehead atoms. The summed E-state index contributed by atoms with van der Waals surface area (Å²) in [6.07, 6.45) is 4.33. The van der Waals surface area contributed by atoms with Crippen LogP contribution in [0.25, 0.3) is 5.65 Å². The van der Waals surface area contributed by atoms with E-state index in [1.165, 1.54) is 0 Å². The topological polar surface area (TPSA) is 40.9 Å². The summed E-state index contributed by atoms with van der Waals surface area (Å²) in [7, 11) is 0. The first-order valence-electron chi connectivity index (χ1n) is 10.9. The SMILES string of the molecule is O=C(CC(c1ccccc1)c1cnc2ccccn12)N1CCN(c2ccccc2Cl)CC1. The number of rotatable bonds is 5. The fourth-order valence-electron chi connectivity index (χ4n) is 4.50. The first-order valence-corrected chi connectivity index (χ1v) is 11.3. The molecule has 5 nitrogen and oxygen atoms in total. The van der Waals surface area contributed by atoms with Crippen molar-refractivity contribution in [2.75, 3.05) is 31.1 Å². The summed E-state index contributed by atoms with van der Waals surface area (Å²) in [5, 5.41) is 0.754. The second kappa shape index (κ2) is 9.05. The van der Waals surface area contributed by atoms with Crippen LogP contribution in [0.5, 0.6) is 0 Å². The molecule has 1 saturated heterocycles. The molecule has 2 aromatic carbocycles. The van der Waals surface area contributed by atoms with Gasteiger partial charge in [-0.3, -0.25) is 4.79 Å². The van der Waals surface area contributed by atoms with Crippen LogP contribution in [0.4, 0.5) is 5.69 Å². The maximum absolute atomic E-state index is 13.4. The molecular formula is C26H25ClN4O. The van der Waals surface area contributed by atoms with E-state index < -0.39 is 0 Å². The zero-order chi connectivity index (χ0) is 21.9. The summed E-state index contributed by atoms with van der Waals surface area (Å²) in [6.45, 7) is 2.94. The average molecular weight is 445 g/mol. The van der Waals surface area contributed by atoms with Crippen LogP contribution in [0.3, 0.4) is 0 Å². The summed E-state index contributed by atoms with van der Waals surface area (Å²) >= 11 is 6.37. The number of amides is 1. The average Bonchev–Trinajstić information content (AvgIpc) is 3.27. The predicted molar refractivity (Wildman–Crippen MR) is 128 cm³/mol. The quantitative estimate of drug-likeness (QED) is 0.441. The van der Waals surface area contributed by atoms with Crippen molar-refractivity contribution in [3.8, 4) is 0 Å². The Morgan fingerprint density at radius 3 is 2.41 bits per heavy atom. The number of hydrogen-bond acceptors (Lipinski definition) is 3. The Kier molecular flexibility index (Phi) is 5.82. The number of hydrogen-bond donors (Lipinski definition) is 0. The van der Waals surface area contributed by atoms with E-state index in [9.17, 15) is 4.79 Å². The summed E-state index contributed by atoms with van der Waals surface area (Å²) in [5.74, 6) is 0.117. The highest BCUT2D eigenvalue weighted by Crippen LogP contribution is 2.30. The first-order chi connectivity index (χ1) is 15.7. The molecule has 4 aromatic rings. The molecule has 1 amide bonds. The van der Waals surface area contributed by atoms with Crippen molar-refractivity contribution < 1.29 is 4.79 Å². The highest BCUT2D eigenvalue weighted by atomic mass is 35.5. The summed E-state index contributed by atoms with van der Waals surface area (Å²) in [6, 6.07) is 24.1. The molecule has 1 atom stereocenters. The minimum Gasteiger partial charge on any atom is -0.367 e. The van der Waals surface area contributed by atoms with Gasteiger partial charge in [-0.05, 0) is 29.8 Å². The van der Waals surface area contributed by atoms with Crippen LogP contribution >= 0.6 is 11.6 Å². The van der Waals surface area contributed by atoms with Crippen molar-refractivity contribution in [1.82, 2.24) is 14.3 Å². The molecule has 6 heteroatoms. The molecule has 162 valence electrons. The zero-order valence-corrected chi connectivity index (χ0v) is 18.5. The number of carbonyl (C=O) groups is 1. The number of imidazole rings is 1. The second-order valence-corrected chi connectivity index (χ2v) is 8.51. The smallest absolute Gasteiger partial charge is 0.223 e. The Morgan fingerprint density at radius 1 is 0.906 bits per heavy atom. The molecule has 1 aliphatic rings. The van der Waals surface area contributed by atoms with Crippen LogP contribution in [0, 0.1) is 0 Å². The Labute approximate surface area is 192 Å². The highest BCUT2D eigenvalue weighted by Gasteiger charge is 2.27. The maximum Gasteiger partial charge on any atom is 0.223 e. The molecule has 3 heterocycles. The van der Waals surface area contributed by atoms with E-state index in [0.29, 0.717) is 19.5 Å². The summed E-state index contributed by atoms with van der Waals surface area (Å²) in [5.41, 5.74) is 4.09. The van der Waals surface area contributed by atoms with Crippen molar-refractivity contribution in [3.05, 3.63) is 101 Å². The third-order valence-corrected chi connectivity index (χ3v) is 6.53. The van der Waals surface area contributed by atoms with Gasteiger partial charge in [-0.25, -0.2) is 4.98 Å².